The number of aromatic amines is 1. The highest BCUT2D eigenvalue weighted by molar-refractivity contribution is 8.01. The van der Waals surface area contributed by atoms with Crippen LogP contribution in [0.1, 0.15) is 0 Å². The highest BCUT2D eigenvalue weighted by Crippen LogP contribution is 2.41. The van der Waals surface area contributed by atoms with E-state index in [1.54, 1.807) is 11.8 Å². The summed E-state index contributed by atoms with van der Waals surface area (Å²) in [5.41, 5.74) is 7.59. The lowest BCUT2D eigenvalue weighted by molar-refractivity contribution is 0.122. The Kier molecular flexibility index (Phi) is 5.73. The predicted molar refractivity (Wildman–Crippen MR) is 92.5 cm³/mol. The van der Waals surface area contributed by atoms with Crippen molar-refractivity contribution in [2.45, 2.75) is 9.79 Å². The van der Waals surface area contributed by atoms with Gasteiger partial charge in [-0.05, 0) is 29.3 Å². The van der Waals surface area contributed by atoms with Gasteiger partial charge in [0.1, 0.15) is 0 Å². The lowest BCUT2D eigenvalue weighted by atomic mass is 10.1. The van der Waals surface area contributed by atoms with E-state index in [0.717, 1.165) is 39.9 Å². The van der Waals surface area contributed by atoms with E-state index in [1.165, 1.54) is 11.9 Å². The number of nitrogens with zero attached hydrogens (tertiary/aromatic N) is 4. The third-order valence-electron chi connectivity index (χ3n) is 3.51. The van der Waals surface area contributed by atoms with Crippen LogP contribution < -0.4 is 15.8 Å². The molecule has 2 aromatic rings. The molecule has 0 bridgehead atoms. The summed E-state index contributed by atoms with van der Waals surface area (Å²) in [6, 6.07) is 4.18. The molecular formula is C13H19N7OS2. The third kappa shape index (κ3) is 3.61. The van der Waals surface area contributed by atoms with Crippen molar-refractivity contribution in [1.82, 2.24) is 20.6 Å². The molecule has 2 heterocycles. The van der Waals surface area contributed by atoms with Gasteiger partial charge in [-0.2, -0.15) is 5.21 Å². The van der Waals surface area contributed by atoms with Crippen LogP contribution in [0.4, 0.5) is 5.69 Å². The summed E-state index contributed by atoms with van der Waals surface area (Å²) in [4.78, 5) is 4.31. The molecule has 1 saturated heterocycles. The number of nitrogens with two attached hydrogens (primary N) is 2. The molecule has 0 saturated carbocycles. The van der Waals surface area contributed by atoms with Crippen molar-refractivity contribution in [2.75, 3.05) is 43.5 Å². The average molecular weight is 353 g/mol. The minimum Gasteiger partial charge on any atom is -0.378 e. The molecule has 0 unspecified atom stereocenters. The van der Waals surface area contributed by atoms with Gasteiger partial charge in [-0.1, -0.05) is 0 Å². The van der Waals surface area contributed by atoms with Crippen molar-refractivity contribution in [3.05, 3.63) is 12.1 Å². The van der Waals surface area contributed by atoms with E-state index in [4.69, 9.17) is 15.6 Å². The molecular weight excluding hydrogens is 334 g/mol. The van der Waals surface area contributed by atoms with Crippen molar-refractivity contribution < 1.29 is 4.74 Å². The molecule has 0 spiro atoms. The summed E-state index contributed by atoms with van der Waals surface area (Å²) >= 11 is 2.89. The number of benzene rings is 1. The molecule has 5 N–H and O–H groups in total. The first-order chi connectivity index (χ1) is 11.3. The number of H-pyrrole nitrogens is 1. The summed E-state index contributed by atoms with van der Waals surface area (Å²) in [5.74, 6) is 1.38. The highest BCUT2D eigenvalue weighted by atomic mass is 32.2. The largest absolute Gasteiger partial charge is 0.378 e. The van der Waals surface area contributed by atoms with Crippen molar-refractivity contribution in [3.8, 4) is 11.4 Å². The van der Waals surface area contributed by atoms with Gasteiger partial charge in [0.2, 0.25) is 5.82 Å². The van der Waals surface area contributed by atoms with Gasteiger partial charge in [-0.15, -0.1) is 22.0 Å². The van der Waals surface area contributed by atoms with Crippen LogP contribution in [0.2, 0.25) is 0 Å². The van der Waals surface area contributed by atoms with Gasteiger partial charge in [0, 0.05) is 40.9 Å². The van der Waals surface area contributed by atoms with E-state index < -0.39 is 0 Å². The second kappa shape index (κ2) is 7.97. The SMILES string of the molecule is NCCSc1ccc(N2CCOCC2)c(-c2nn[nH]n2)c1SN. The topological polar surface area (TPSA) is 119 Å². The van der Waals surface area contributed by atoms with E-state index in [1.807, 2.05) is 0 Å². The average Bonchev–Trinajstić information content (AvgIpc) is 3.14. The number of anilines is 1. The van der Waals surface area contributed by atoms with Crippen LogP contribution in [-0.4, -0.2) is 59.2 Å². The maximum absolute atomic E-state index is 5.97. The molecule has 1 aromatic carbocycles. The number of ether oxygens (including phenoxy) is 1. The number of nitrogens with one attached hydrogen (secondary N) is 1. The summed E-state index contributed by atoms with van der Waals surface area (Å²) < 4.78 is 5.45. The zero-order valence-corrected chi connectivity index (χ0v) is 14.2. The predicted octanol–water partition coefficient (Wildman–Crippen LogP) is 0.720. The van der Waals surface area contributed by atoms with E-state index in [9.17, 15) is 0 Å². The molecule has 10 heteroatoms. The van der Waals surface area contributed by atoms with E-state index in [2.05, 4.69) is 37.7 Å². The second-order valence-electron chi connectivity index (χ2n) is 4.88. The molecule has 3 rings (SSSR count). The number of aromatic nitrogens is 4. The molecule has 0 aliphatic carbocycles. The van der Waals surface area contributed by atoms with Crippen LogP contribution >= 0.6 is 23.7 Å². The molecule has 8 nitrogen and oxygen atoms in total. The fourth-order valence-corrected chi connectivity index (χ4v) is 4.06. The fraction of sp³-hybridized carbons (Fsp3) is 0.462. The van der Waals surface area contributed by atoms with E-state index >= 15 is 0 Å². The minimum atomic E-state index is 0.551. The second-order valence-corrected chi connectivity index (χ2v) is 6.66. The normalized spacial score (nSPS) is 15.1. The van der Waals surface area contributed by atoms with Crippen molar-refractivity contribution in [1.29, 1.82) is 0 Å². The number of hydrogen-bond donors (Lipinski definition) is 3. The first-order valence-electron chi connectivity index (χ1n) is 7.28. The first kappa shape index (κ1) is 16.5. The Hall–Kier alpha value is -1.33. The Bertz CT molecular complexity index is 632. The van der Waals surface area contributed by atoms with Gasteiger partial charge < -0.3 is 15.4 Å². The number of rotatable bonds is 6. The molecule has 0 amide bonds. The van der Waals surface area contributed by atoms with Crippen LogP contribution in [0.15, 0.2) is 21.9 Å². The smallest absolute Gasteiger partial charge is 0.207 e. The fourth-order valence-electron chi connectivity index (χ4n) is 2.50. The monoisotopic (exact) mass is 353 g/mol. The Labute approximate surface area is 142 Å². The highest BCUT2D eigenvalue weighted by Gasteiger charge is 2.23. The van der Waals surface area contributed by atoms with Crippen LogP contribution in [0, 0.1) is 0 Å². The van der Waals surface area contributed by atoms with Crippen LogP contribution in [-0.2, 0) is 4.74 Å². The van der Waals surface area contributed by atoms with Gasteiger partial charge in [0.25, 0.3) is 0 Å². The van der Waals surface area contributed by atoms with E-state index in [0.29, 0.717) is 25.6 Å². The number of hydrogen-bond acceptors (Lipinski definition) is 9. The zero-order chi connectivity index (χ0) is 16.1. The van der Waals surface area contributed by atoms with Crippen molar-refractivity contribution in [2.24, 2.45) is 10.9 Å². The van der Waals surface area contributed by atoms with Gasteiger partial charge in [0.05, 0.1) is 18.8 Å². The molecule has 1 aliphatic heterocycles. The van der Waals surface area contributed by atoms with Crippen molar-refractivity contribution in [3.63, 3.8) is 0 Å². The standard InChI is InChI=1S/C13H19N7OS2/c14-3-8-22-10-2-1-9(20-4-6-21-7-5-20)11(12(10)23-15)13-16-18-19-17-13/h1-2H,3-8,14-15H2,(H,16,17,18,19). The Morgan fingerprint density at radius 1 is 1.30 bits per heavy atom. The van der Waals surface area contributed by atoms with Crippen molar-refractivity contribution >= 4 is 29.4 Å². The minimum absolute atomic E-state index is 0.551. The van der Waals surface area contributed by atoms with Crippen LogP contribution in [0.5, 0.6) is 0 Å². The van der Waals surface area contributed by atoms with Gasteiger partial charge in [-0.3, -0.25) is 5.14 Å². The Morgan fingerprint density at radius 2 is 2.13 bits per heavy atom. The number of tetrazole rings is 1. The lowest BCUT2D eigenvalue weighted by Gasteiger charge is -2.31. The summed E-state index contributed by atoms with van der Waals surface area (Å²) in [5, 5.41) is 20.5. The maximum Gasteiger partial charge on any atom is 0.207 e. The number of morpholine rings is 1. The molecule has 1 aromatic heterocycles. The molecule has 0 atom stereocenters. The van der Waals surface area contributed by atoms with Crippen LogP contribution in [0.3, 0.4) is 0 Å². The molecule has 23 heavy (non-hydrogen) atoms. The molecule has 1 fully saturated rings. The Balaban J connectivity index is 2.07. The lowest BCUT2D eigenvalue weighted by Crippen LogP contribution is -2.36. The summed E-state index contributed by atoms with van der Waals surface area (Å²) in [6.45, 7) is 3.69. The maximum atomic E-state index is 5.97. The summed E-state index contributed by atoms with van der Waals surface area (Å²) in [7, 11) is 0. The molecule has 1 aliphatic rings. The molecule has 0 radical (unpaired) electrons. The summed E-state index contributed by atoms with van der Waals surface area (Å²) in [6.07, 6.45) is 0. The first-order valence-corrected chi connectivity index (χ1v) is 9.14. The Morgan fingerprint density at radius 3 is 2.78 bits per heavy atom. The van der Waals surface area contributed by atoms with Gasteiger partial charge in [0.15, 0.2) is 0 Å². The van der Waals surface area contributed by atoms with Crippen LogP contribution in [0.25, 0.3) is 11.4 Å². The number of thioether (sulfide) groups is 1. The van der Waals surface area contributed by atoms with E-state index in [-0.39, 0.29) is 0 Å². The third-order valence-corrected chi connectivity index (χ3v) is 5.39. The quantitative estimate of drug-likeness (QED) is 0.510. The van der Waals surface area contributed by atoms with Gasteiger partial charge >= 0.3 is 0 Å². The molecule has 124 valence electrons. The zero-order valence-electron chi connectivity index (χ0n) is 12.6. The van der Waals surface area contributed by atoms with Gasteiger partial charge in [-0.25, -0.2) is 0 Å².